The Bertz CT molecular complexity index is 979. The molecule has 0 bridgehead atoms. The van der Waals surface area contributed by atoms with E-state index >= 15 is 0 Å². The van der Waals surface area contributed by atoms with Crippen molar-refractivity contribution in [2.75, 3.05) is 91.6 Å². The Balaban J connectivity index is 9.57. The molecule has 0 aliphatic rings. The zero-order chi connectivity index (χ0) is 33.9. The monoisotopic (exact) mass is 673 g/mol. The van der Waals surface area contributed by atoms with Gasteiger partial charge in [0.05, 0.1) is 5.54 Å². The van der Waals surface area contributed by atoms with Crippen LogP contribution in [0.25, 0.3) is 0 Å². The van der Waals surface area contributed by atoms with Gasteiger partial charge in [0.2, 0.25) is 0 Å². The second kappa shape index (κ2) is 15.5. The quantitative estimate of drug-likeness (QED) is 0.185. The van der Waals surface area contributed by atoms with Gasteiger partial charge in [0, 0.05) is 11.3 Å². The molecule has 1 N–H and O–H groups in total. The first-order valence-electron chi connectivity index (χ1n) is 14.9. The number of hydrogen-bond donors (Lipinski definition) is 1. The number of rotatable bonds is 14. The van der Waals surface area contributed by atoms with E-state index in [0.717, 1.165) is 6.42 Å². The molecule has 0 aromatic heterocycles. The molecule has 0 atom stereocenters. The van der Waals surface area contributed by atoms with Crippen LogP contribution in [0.4, 0.5) is 0 Å². The standard InChI is InChI=1S/C27H71N11P4/c1-24(2)39(33(11)12,34(13)14)30-41(29-27(8,9)23-26(5,6)7,32-42(28-10,37(19)20)38(21)22)31-40(25(3)4,35(15)16)36(17)18/h24-25,28H,23H2,1-22H3. The lowest BCUT2D eigenvalue weighted by molar-refractivity contribution is 0.290. The summed E-state index contributed by atoms with van der Waals surface area (Å²) >= 11 is 0. The van der Waals surface area contributed by atoms with Crippen LogP contribution in [0.2, 0.25) is 0 Å². The minimum absolute atomic E-state index is 0.0712. The van der Waals surface area contributed by atoms with E-state index in [2.05, 4.69) is 180 Å². The summed E-state index contributed by atoms with van der Waals surface area (Å²) in [7, 11) is 17.4. The number of nitrogens with zero attached hydrogens (tertiary/aromatic N) is 10. The van der Waals surface area contributed by atoms with E-state index in [1.165, 1.54) is 0 Å². The van der Waals surface area contributed by atoms with E-state index in [1.54, 1.807) is 0 Å². The maximum Gasteiger partial charge on any atom is 0.304 e. The SMILES string of the molecule is CNP(=NP(=NC(C)(C)CC(C)(C)C)(N=P(C(C)C)(N(C)C)N(C)C)N=P(C(C)C)(N(C)C)N(C)C)(N(C)C)N(C)C. The molecule has 42 heavy (non-hydrogen) atoms. The molecule has 0 spiro atoms. The first kappa shape index (κ1) is 42.6. The molecule has 254 valence electrons. The minimum Gasteiger partial charge on any atom is -0.264 e. The molecular weight excluding hydrogens is 602 g/mol. The minimum atomic E-state index is -3.18. The fourth-order valence-electron chi connectivity index (χ4n) is 6.38. The lowest BCUT2D eigenvalue weighted by Gasteiger charge is -2.45. The van der Waals surface area contributed by atoms with Crippen molar-refractivity contribution in [2.45, 2.75) is 85.6 Å². The van der Waals surface area contributed by atoms with Crippen molar-refractivity contribution < 1.29 is 0 Å². The van der Waals surface area contributed by atoms with Crippen molar-refractivity contribution in [2.24, 2.45) is 23.7 Å². The van der Waals surface area contributed by atoms with Gasteiger partial charge < -0.3 is 0 Å². The molecule has 0 aliphatic carbocycles. The van der Waals surface area contributed by atoms with E-state index in [4.69, 9.17) is 18.3 Å². The first-order chi connectivity index (χ1) is 18.6. The molecule has 0 aliphatic heterocycles. The third-order valence-electron chi connectivity index (χ3n) is 7.27. The Labute approximate surface area is 263 Å². The van der Waals surface area contributed by atoms with Gasteiger partial charge in [-0.3, -0.25) is 33.1 Å². The van der Waals surface area contributed by atoms with Gasteiger partial charge in [0.15, 0.2) is 7.51 Å². The lowest BCUT2D eigenvalue weighted by Crippen LogP contribution is -2.30. The van der Waals surface area contributed by atoms with Crippen LogP contribution in [0, 0.1) is 5.41 Å². The van der Waals surface area contributed by atoms with Crippen LogP contribution in [0.15, 0.2) is 18.3 Å². The second-order valence-electron chi connectivity index (χ2n) is 14.7. The Morgan fingerprint density at radius 1 is 0.548 bits per heavy atom. The summed E-state index contributed by atoms with van der Waals surface area (Å²) in [5, 5.41) is 3.66. The maximum atomic E-state index is 6.07. The van der Waals surface area contributed by atoms with Gasteiger partial charge in [-0.05, 0) is 117 Å². The molecule has 11 nitrogen and oxygen atoms in total. The van der Waals surface area contributed by atoms with Crippen molar-refractivity contribution >= 4 is 29.7 Å². The molecule has 0 unspecified atom stereocenters. The van der Waals surface area contributed by atoms with Crippen LogP contribution >= 0.6 is 29.7 Å². The number of hydrogen-bond acceptors (Lipinski definition) is 1. The summed E-state index contributed by atoms with van der Waals surface area (Å²) in [5.74, 6) is 0. The van der Waals surface area contributed by atoms with Gasteiger partial charge >= 0.3 is 7.51 Å². The first-order valence-corrected chi connectivity index (χ1v) is 21.6. The largest absolute Gasteiger partial charge is 0.304 e. The molecule has 0 heterocycles. The smallest absolute Gasteiger partial charge is 0.264 e. The second-order valence-corrected chi connectivity index (χ2v) is 29.1. The van der Waals surface area contributed by atoms with Crippen molar-refractivity contribution in [3.05, 3.63) is 0 Å². The molecule has 0 amide bonds. The van der Waals surface area contributed by atoms with Crippen molar-refractivity contribution in [3.63, 3.8) is 0 Å². The van der Waals surface area contributed by atoms with Gasteiger partial charge in [-0.25, -0.2) is 4.74 Å². The van der Waals surface area contributed by atoms with E-state index in [9.17, 15) is 0 Å². The molecule has 0 radical (unpaired) electrons. The Morgan fingerprint density at radius 3 is 1.05 bits per heavy atom. The van der Waals surface area contributed by atoms with E-state index in [-0.39, 0.29) is 16.7 Å². The summed E-state index contributed by atoms with van der Waals surface area (Å²) < 4.78 is 37.7. The molecule has 15 heteroatoms. The van der Waals surface area contributed by atoms with Crippen molar-refractivity contribution in [1.82, 2.24) is 33.1 Å². The highest BCUT2D eigenvalue weighted by Gasteiger charge is 2.42. The summed E-state index contributed by atoms with van der Waals surface area (Å²) in [6, 6.07) is 0. The van der Waals surface area contributed by atoms with Crippen LogP contribution in [-0.2, 0) is 0 Å². The Kier molecular flexibility index (Phi) is 15.7. The molecule has 0 rings (SSSR count). The van der Waals surface area contributed by atoms with Crippen LogP contribution in [0.1, 0.15) is 68.7 Å². The molecule has 0 aromatic carbocycles. The normalized spacial score (nSPS) is 14.9. The van der Waals surface area contributed by atoms with E-state index < -0.39 is 35.3 Å². The Hall–Kier alpha value is 0.640. The average molecular weight is 674 g/mol. The predicted molar refractivity (Wildman–Crippen MR) is 197 cm³/mol. The summed E-state index contributed by atoms with van der Waals surface area (Å²) in [4.78, 5) is 0. The van der Waals surface area contributed by atoms with Crippen LogP contribution in [0.3, 0.4) is 0 Å². The van der Waals surface area contributed by atoms with Gasteiger partial charge in [-0.2, -0.15) is 13.5 Å². The molecule has 0 aromatic rings. The summed E-state index contributed by atoms with van der Waals surface area (Å²) in [5.41, 5.74) is 0.155. The zero-order valence-corrected chi connectivity index (χ0v) is 35.2. The Morgan fingerprint density at radius 2 is 0.857 bits per heavy atom. The van der Waals surface area contributed by atoms with Gasteiger partial charge in [0.1, 0.15) is 14.7 Å². The fourth-order valence-corrected chi connectivity index (χ4v) is 25.7. The summed E-state index contributed by atoms with van der Waals surface area (Å²) in [6.45, 7) is 20.5. The molecule has 0 saturated carbocycles. The molecule has 0 saturated heterocycles. The van der Waals surface area contributed by atoms with Gasteiger partial charge in [-0.15, -0.1) is 0 Å². The average Bonchev–Trinajstić information content (AvgIpc) is 2.75. The van der Waals surface area contributed by atoms with Crippen LogP contribution < -0.4 is 5.09 Å². The topological polar surface area (TPSA) is 80.9 Å². The van der Waals surface area contributed by atoms with Gasteiger partial charge in [-0.1, -0.05) is 48.5 Å². The van der Waals surface area contributed by atoms with Crippen molar-refractivity contribution in [1.29, 1.82) is 0 Å². The van der Waals surface area contributed by atoms with Crippen molar-refractivity contribution in [3.8, 4) is 0 Å². The highest BCUT2D eigenvalue weighted by Crippen LogP contribution is 2.78. The molecular formula is C27H71N11P4. The van der Waals surface area contributed by atoms with Gasteiger partial charge in [0.25, 0.3) is 0 Å². The zero-order valence-electron chi connectivity index (χ0n) is 31.6. The van der Waals surface area contributed by atoms with Crippen LogP contribution in [0.5, 0.6) is 0 Å². The third kappa shape index (κ3) is 9.58. The predicted octanol–water partition coefficient (Wildman–Crippen LogP) is 8.56. The fraction of sp³-hybridized carbons (Fsp3) is 1.00. The highest BCUT2D eigenvalue weighted by atomic mass is 31.3. The van der Waals surface area contributed by atoms with Crippen LogP contribution in [-0.4, -0.2) is 136 Å². The maximum absolute atomic E-state index is 6.07. The summed E-state index contributed by atoms with van der Waals surface area (Å²) in [6.07, 6.45) is 0.894. The number of nitrogens with one attached hydrogen (secondary N) is 1. The highest BCUT2D eigenvalue weighted by molar-refractivity contribution is 7.81. The lowest BCUT2D eigenvalue weighted by atomic mass is 9.82. The third-order valence-corrected chi connectivity index (χ3v) is 24.4. The van der Waals surface area contributed by atoms with E-state index in [0.29, 0.717) is 0 Å². The van der Waals surface area contributed by atoms with E-state index in [1.807, 2.05) is 7.05 Å². The molecule has 0 fully saturated rings.